The number of benzene rings is 1. The summed E-state index contributed by atoms with van der Waals surface area (Å²) in [6.07, 6.45) is 6.77. The Morgan fingerprint density at radius 2 is 1.88 bits per heavy atom. The molecule has 2 N–H and O–H groups in total. The van der Waals surface area contributed by atoms with Gasteiger partial charge in [0, 0.05) is 46.8 Å². The van der Waals surface area contributed by atoms with Crippen LogP contribution in [0.1, 0.15) is 17.5 Å². The van der Waals surface area contributed by atoms with Gasteiger partial charge in [0.2, 0.25) is 0 Å². The van der Waals surface area contributed by atoms with Crippen molar-refractivity contribution in [1.29, 1.82) is 0 Å². The third kappa shape index (κ3) is 2.69. The lowest BCUT2D eigenvalue weighted by molar-refractivity contribution is 0.405. The van der Waals surface area contributed by atoms with Crippen molar-refractivity contribution in [2.45, 2.75) is 20.3 Å². The number of aromatic nitrogens is 3. The van der Waals surface area contributed by atoms with Gasteiger partial charge in [0.1, 0.15) is 5.82 Å². The first-order valence-corrected chi connectivity index (χ1v) is 9.10. The first-order valence-electron chi connectivity index (χ1n) is 9.10. The lowest BCUT2D eigenvalue weighted by atomic mass is 9.96. The molecule has 0 saturated carbocycles. The van der Waals surface area contributed by atoms with Gasteiger partial charge in [-0.25, -0.2) is 4.98 Å². The number of pyridine rings is 2. The molecule has 0 atom stereocenters. The van der Waals surface area contributed by atoms with Crippen molar-refractivity contribution in [2.75, 3.05) is 32.5 Å². The maximum absolute atomic E-state index is 4.65. The Morgan fingerprint density at radius 3 is 2.69 bits per heavy atom. The fourth-order valence-corrected chi connectivity index (χ4v) is 3.85. The number of H-pyrrole nitrogens is 1. The molecule has 5 heteroatoms. The molecule has 26 heavy (non-hydrogen) atoms. The Bertz CT molecular complexity index is 1090. The number of nitrogens with zero attached hydrogens (tertiary/aromatic N) is 3. The fourth-order valence-electron chi connectivity index (χ4n) is 3.85. The van der Waals surface area contributed by atoms with Crippen molar-refractivity contribution in [3.8, 4) is 0 Å². The summed E-state index contributed by atoms with van der Waals surface area (Å²) in [6.45, 7) is 6.35. The monoisotopic (exact) mass is 347 g/mol. The van der Waals surface area contributed by atoms with Crippen LogP contribution in [0.3, 0.4) is 0 Å². The molecule has 1 aromatic carbocycles. The minimum Gasteiger partial charge on any atom is -0.370 e. The van der Waals surface area contributed by atoms with Gasteiger partial charge >= 0.3 is 0 Å². The average molecular weight is 347 g/mol. The summed E-state index contributed by atoms with van der Waals surface area (Å²) < 4.78 is 0. The number of hydrogen-bond donors (Lipinski definition) is 2. The van der Waals surface area contributed by atoms with Gasteiger partial charge in [-0.2, -0.15) is 0 Å². The quantitative estimate of drug-likeness (QED) is 0.530. The predicted octanol–water partition coefficient (Wildman–Crippen LogP) is 4.24. The first kappa shape index (κ1) is 16.8. The van der Waals surface area contributed by atoms with Crippen LogP contribution in [-0.2, 0) is 0 Å². The molecule has 0 aliphatic carbocycles. The molecule has 0 amide bonds. The van der Waals surface area contributed by atoms with Gasteiger partial charge in [-0.1, -0.05) is 0 Å². The summed E-state index contributed by atoms with van der Waals surface area (Å²) in [4.78, 5) is 14.8. The standard InChI is InChI=1S/C21H25N5/c1-13-15-6-10-24-21(23-8-5-11-26(3)4)19(15)14(2)18-16-12-22-9-7-17(16)25-20(13)18/h6-7,9-10,12,25H,5,8,11H2,1-4H3,(H,23,24). The summed E-state index contributed by atoms with van der Waals surface area (Å²) in [6, 6.07) is 4.16. The van der Waals surface area contributed by atoms with Crippen molar-refractivity contribution >= 4 is 38.4 Å². The predicted molar refractivity (Wildman–Crippen MR) is 110 cm³/mol. The highest BCUT2D eigenvalue weighted by Crippen LogP contribution is 2.38. The van der Waals surface area contributed by atoms with Crippen molar-refractivity contribution < 1.29 is 0 Å². The topological polar surface area (TPSA) is 56.8 Å². The highest BCUT2D eigenvalue weighted by molar-refractivity contribution is 6.17. The van der Waals surface area contributed by atoms with E-state index in [4.69, 9.17) is 0 Å². The van der Waals surface area contributed by atoms with E-state index in [2.05, 4.69) is 59.2 Å². The van der Waals surface area contributed by atoms with E-state index in [9.17, 15) is 0 Å². The van der Waals surface area contributed by atoms with Crippen molar-refractivity contribution in [1.82, 2.24) is 19.9 Å². The second-order valence-electron chi connectivity index (χ2n) is 7.21. The van der Waals surface area contributed by atoms with Crippen LogP contribution in [0, 0.1) is 13.8 Å². The Kier molecular flexibility index (Phi) is 4.24. The molecule has 3 aromatic heterocycles. The minimum atomic E-state index is 0.913. The molecule has 4 aromatic rings. The number of nitrogens with one attached hydrogen (secondary N) is 2. The molecular weight excluding hydrogens is 322 g/mol. The Morgan fingerprint density at radius 1 is 1.04 bits per heavy atom. The number of fused-ring (bicyclic) bond motifs is 4. The summed E-state index contributed by atoms with van der Waals surface area (Å²) in [5.41, 5.74) is 4.84. The van der Waals surface area contributed by atoms with Crippen LogP contribution in [0.5, 0.6) is 0 Å². The molecule has 0 unspecified atom stereocenters. The molecular formula is C21H25N5. The van der Waals surface area contributed by atoms with E-state index in [-0.39, 0.29) is 0 Å². The molecule has 0 bridgehead atoms. The van der Waals surface area contributed by atoms with Crippen LogP contribution >= 0.6 is 0 Å². The molecule has 3 heterocycles. The van der Waals surface area contributed by atoms with E-state index in [1.165, 1.54) is 38.2 Å². The maximum atomic E-state index is 4.65. The molecule has 134 valence electrons. The molecule has 0 radical (unpaired) electrons. The fraction of sp³-hybridized carbons (Fsp3) is 0.333. The number of aromatic amines is 1. The third-order valence-electron chi connectivity index (χ3n) is 5.15. The Hall–Kier alpha value is -2.66. The van der Waals surface area contributed by atoms with Gasteiger partial charge in [0.15, 0.2) is 0 Å². The maximum Gasteiger partial charge on any atom is 0.134 e. The van der Waals surface area contributed by atoms with Crippen LogP contribution in [-0.4, -0.2) is 47.0 Å². The highest BCUT2D eigenvalue weighted by Gasteiger charge is 2.16. The normalized spacial score (nSPS) is 11.9. The van der Waals surface area contributed by atoms with Crippen molar-refractivity contribution in [3.05, 3.63) is 41.9 Å². The van der Waals surface area contributed by atoms with E-state index in [0.717, 1.165) is 30.8 Å². The molecule has 0 spiro atoms. The van der Waals surface area contributed by atoms with Gasteiger partial charge in [0.25, 0.3) is 0 Å². The first-order chi connectivity index (χ1) is 12.6. The molecule has 0 fully saturated rings. The Balaban J connectivity index is 1.89. The van der Waals surface area contributed by atoms with Crippen molar-refractivity contribution in [3.63, 3.8) is 0 Å². The van der Waals surface area contributed by atoms with Crippen LogP contribution in [0.2, 0.25) is 0 Å². The lowest BCUT2D eigenvalue weighted by Gasteiger charge is -2.15. The van der Waals surface area contributed by atoms with Crippen LogP contribution in [0.4, 0.5) is 5.82 Å². The second kappa shape index (κ2) is 6.57. The largest absolute Gasteiger partial charge is 0.370 e. The van der Waals surface area contributed by atoms with Gasteiger partial charge < -0.3 is 15.2 Å². The van der Waals surface area contributed by atoms with E-state index >= 15 is 0 Å². The summed E-state index contributed by atoms with van der Waals surface area (Å²) in [5, 5.41) is 8.44. The summed E-state index contributed by atoms with van der Waals surface area (Å²) >= 11 is 0. The van der Waals surface area contributed by atoms with Gasteiger partial charge in [-0.15, -0.1) is 0 Å². The van der Waals surface area contributed by atoms with Crippen molar-refractivity contribution in [2.24, 2.45) is 0 Å². The van der Waals surface area contributed by atoms with Crippen LogP contribution in [0.25, 0.3) is 32.6 Å². The lowest BCUT2D eigenvalue weighted by Crippen LogP contribution is -2.16. The zero-order chi connectivity index (χ0) is 18.3. The highest BCUT2D eigenvalue weighted by atomic mass is 15.1. The third-order valence-corrected chi connectivity index (χ3v) is 5.15. The van der Waals surface area contributed by atoms with Gasteiger partial charge in [0.05, 0.1) is 5.52 Å². The average Bonchev–Trinajstić information content (AvgIpc) is 3.03. The molecule has 0 aliphatic heterocycles. The molecule has 0 saturated heterocycles. The number of aryl methyl sites for hydroxylation is 2. The zero-order valence-corrected chi connectivity index (χ0v) is 15.8. The minimum absolute atomic E-state index is 0.913. The Labute approximate surface area is 153 Å². The SMILES string of the molecule is Cc1c2ccnc(NCCCN(C)C)c2c(C)c2c1[nH]c1ccncc12. The number of anilines is 1. The molecule has 0 aliphatic rings. The number of rotatable bonds is 5. The smallest absolute Gasteiger partial charge is 0.134 e. The van der Waals surface area contributed by atoms with E-state index in [0.29, 0.717) is 0 Å². The van der Waals surface area contributed by atoms with Crippen LogP contribution in [0.15, 0.2) is 30.7 Å². The van der Waals surface area contributed by atoms with Gasteiger partial charge in [-0.05, 0) is 69.6 Å². The molecule has 4 rings (SSSR count). The molecule has 5 nitrogen and oxygen atoms in total. The van der Waals surface area contributed by atoms with Gasteiger partial charge in [-0.3, -0.25) is 4.98 Å². The van der Waals surface area contributed by atoms with Crippen LogP contribution < -0.4 is 5.32 Å². The van der Waals surface area contributed by atoms with E-state index in [1.807, 2.05) is 24.7 Å². The zero-order valence-electron chi connectivity index (χ0n) is 15.8. The second-order valence-corrected chi connectivity index (χ2v) is 7.21. The summed E-state index contributed by atoms with van der Waals surface area (Å²) in [5.74, 6) is 0.974. The van der Waals surface area contributed by atoms with E-state index < -0.39 is 0 Å². The van der Waals surface area contributed by atoms with E-state index in [1.54, 1.807) is 0 Å². The summed E-state index contributed by atoms with van der Waals surface area (Å²) in [7, 11) is 4.21. The number of hydrogen-bond acceptors (Lipinski definition) is 4.